The van der Waals surface area contributed by atoms with Gasteiger partial charge in [-0.25, -0.2) is 9.80 Å². The topological polar surface area (TPSA) is 77.4 Å². The summed E-state index contributed by atoms with van der Waals surface area (Å²) in [5, 5.41) is 6.01. The van der Waals surface area contributed by atoms with E-state index < -0.39 is 5.97 Å². The van der Waals surface area contributed by atoms with Crippen LogP contribution in [0.2, 0.25) is 0 Å². The molecule has 0 aromatic heterocycles. The zero-order chi connectivity index (χ0) is 20.8. The molecule has 0 saturated carbocycles. The quantitative estimate of drug-likeness (QED) is 0.671. The van der Waals surface area contributed by atoms with Crippen LogP contribution in [0.25, 0.3) is 0 Å². The van der Waals surface area contributed by atoms with Crippen molar-refractivity contribution in [2.75, 3.05) is 20.3 Å². The Bertz CT molecular complexity index is 908. The number of benzene rings is 2. The summed E-state index contributed by atoms with van der Waals surface area (Å²) in [5.41, 5.74) is 2.51. The van der Waals surface area contributed by atoms with E-state index in [4.69, 9.17) is 14.2 Å². The molecule has 0 bridgehead atoms. The molecule has 1 amide bonds. The van der Waals surface area contributed by atoms with E-state index in [1.165, 1.54) is 11.9 Å². The molecule has 29 heavy (non-hydrogen) atoms. The number of ether oxygens (including phenoxy) is 3. The summed E-state index contributed by atoms with van der Waals surface area (Å²) >= 11 is 0. The number of esters is 1. The van der Waals surface area contributed by atoms with Crippen LogP contribution in [0.1, 0.15) is 37.4 Å². The fourth-order valence-corrected chi connectivity index (χ4v) is 3.23. The number of carbonyl (C=O) groups is 2. The smallest absolute Gasteiger partial charge is 0.344 e. The molecule has 1 unspecified atom stereocenters. The molecule has 152 valence electrons. The van der Waals surface area contributed by atoms with Gasteiger partial charge in [0.1, 0.15) is 11.5 Å². The molecule has 2 aromatic rings. The third kappa shape index (κ3) is 4.74. The van der Waals surface area contributed by atoms with E-state index in [1.54, 1.807) is 20.1 Å². The van der Waals surface area contributed by atoms with Crippen LogP contribution in [-0.2, 0) is 14.3 Å². The maximum absolute atomic E-state index is 12.3. The van der Waals surface area contributed by atoms with E-state index in [9.17, 15) is 9.59 Å². The van der Waals surface area contributed by atoms with Gasteiger partial charge >= 0.3 is 5.97 Å². The lowest BCUT2D eigenvalue weighted by atomic mass is 9.97. The van der Waals surface area contributed by atoms with Crippen LogP contribution in [0, 0.1) is 0 Å². The molecule has 1 heterocycles. The number of nitrogens with zero attached hydrogens (tertiary/aromatic N) is 2. The van der Waals surface area contributed by atoms with Crippen LogP contribution < -0.4 is 9.47 Å². The normalized spacial score (nSPS) is 15.6. The van der Waals surface area contributed by atoms with E-state index in [0.29, 0.717) is 18.8 Å². The molecular weight excluding hydrogens is 372 g/mol. The van der Waals surface area contributed by atoms with Gasteiger partial charge in [-0.2, -0.15) is 5.10 Å². The lowest BCUT2D eigenvalue weighted by Gasteiger charge is -2.22. The van der Waals surface area contributed by atoms with Crippen molar-refractivity contribution < 1.29 is 23.8 Å². The number of methoxy groups -OCH3 is 1. The van der Waals surface area contributed by atoms with Crippen molar-refractivity contribution in [1.29, 1.82) is 0 Å². The molecule has 2 aromatic carbocycles. The number of para-hydroxylation sites is 1. The van der Waals surface area contributed by atoms with E-state index >= 15 is 0 Å². The van der Waals surface area contributed by atoms with Gasteiger partial charge in [0.05, 0.1) is 25.5 Å². The second kappa shape index (κ2) is 9.23. The highest BCUT2D eigenvalue weighted by Gasteiger charge is 2.33. The number of carbonyl (C=O) groups excluding carboxylic acids is 2. The zero-order valence-corrected chi connectivity index (χ0v) is 16.8. The molecule has 0 aliphatic carbocycles. The largest absolute Gasteiger partial charge is 0.497 e. The van der Waals surface area contributed by atoms with E-state index in [1.807, 2.05) is 42.5 Å². The summed E-state index contributed by atoms with van der Waals surface area (Å²) < 4.78 is 15.8. The first-order valence-corrected chi connectivity index (χ1v) is 9.42. The molecule has 0 N–H and O–H groups in total. The van der Waals surface area contributed by atoms with Crippen molar-refractivity contribution in [2.24, 2.45) is 5.10 Å². The molecule has 7 nitrogen and oxygen atoms in total. The molecule has 0 saturated heterocycles. The van der Waals surface area contributed by atoms with Gasteiger partial charge in [-0.1, -0.05) is 18.2 Å². The van der Waals surface area contributed by atoms with Crippen LogP contribution in [-0.4, -0.2) is 42.9 Å². The van der Waals surface area contributed by atoms with Crippen molar-refractivity contribution >= 4 is 17.6 Å². The van der Waals surface area contributed by atoms with Gasteiger partial charge in [-0.15, -0.1) is 0 Å². The minimum atomic E-state index is -0.438. The van der Waals surface area contributed by atoms with Crippen LogP contribution in [0.5, 0.6) is 11.5 Å². The van der Waals surface area contributed by atoms with Crippen LogP contribution in [0.3, 0.4) is 0 Å². The Kier molecular flexibility index (Phi) is 6.49. The first-order chi connectivity index (χ1) is 14.0. The summed E-state index contributed by atoms with van der Waals surface area (Å²) in [6, 6.07) is 14.6. The molecule has 1 atom stereocenters. The molecule has 1 aliphatic rings. The van der Waals surface area contributed by atoms with Crippen molar-refractivity contribution in [2.45, 2.75) is 26.3 Å². The third-order valence-electron chi connectivity index (χ3n) is 4.59. The average molecular weight is 396 g/mol. The van der Waals surface area contributed by atoms with E-state index in [0.717, 1.165) is 22.6 Å². The number of hydrogen-bond donors (Lipinski definition) is 0. The summed E-state index contributed by atoms with van der Waals surface area (Å²) in [6.45, 7) is 3.33. The third-order valence-corrected chi connectivity index (χ3v) is 4.59. The Balaban J connectivity index is 1.84. The number of hydrogen-bond acceptors (Lipinski definition) is 6. The predicted octanol–water partition coefficient (Wildman–Crippen LogP) is 3.33. The highest BCUT2D eigenvalue weighted by atomic mass is 16.6. The van der Waals surface area contributed by atoms with Crippen molar-refractivity contribution in [3.8, 4) is 11.5 Å². The van der Waals surface area contributed by atoms with Gasteiger partial charge in [0.25, 0.3) is 0 Å². The number of amides is 1. The number of rotatable bonds is 7. The van der Waals surface area contributed by atoms with Gasteiger partial charge in [0, 0.05) is 18.9 Å². The fourth-order valence-electron chi connectivity index (χ4n) is 3.23. The Hall–Kier alpha value is -3.35. The van der Waals surface area contributed by atoms with Crippen molar-refractivity contribution in [1.82, 2.24) is 5.01 Å². The Labute approximate surface area is 169 Å². The summed E-state index contributed by atoms with van der Waals surface area (Å²) in [7, 11) is 1.61. The predicted molar refractivity (Wildman–Crippen MR) is 108 cm³/mol. The van der Waals surface area contributed by atoms with Crippen LogP contribution in [0.15, 0.2) is 53.6 Å². The second-order valence-electron chi connectivity index (χ2n) is 6.49. The second-order valence-corrected chi connectivity index (χ2v) is 6.49. The highest BCUT2D eigenvalue weighted by Crippen LogP contribution is 2.37. The number of hydrazone groups is 1. The lowest BCUT2D eigenvalue weighted by Crippen LogP contribution is -2.25. The Morgan fingerprint density at radius 3 is 2.52 bits per heavy atom. The summed E-state index contributed by atoms with van der Waals surface area (Å²) in [6.07, 6.45) is 0.533. The monoisotopic (exact) mass is 396 g/mol. The first kappa shape index (κ1) is 20.4. The van der Waals surface area contributed by atoms with Crippen molar-refractivity contribution in [3.63, 3.8) is 0 Å². The Morgan fingerprint density at radius 2 is 1.86 bits per heavy atom. The minimum absolute atomic E-state index is 0.168. The minimum Gasteiger partial charge on any atom is -0.497 e. The Morgan fingerprint density at radius 1 is 1.14 bits per heavy atom. The van der Waals surface area contributed by atoms with E-state index in [-0.39, 0.29) is 18.6 Å². The average Bonchev–Trinajstić information content (AvgIpc) is 3.18. The molecule has 0 radical (unpaired) electrons. The molecule has 0 spiro atoms. The molecule has 7 heteroatoms. The first-order valence-electron chi connectivity index (χ1n) is 9.42. The van der Waals surface area contributed by atoms with Crippen molar-refractivity contribution in [3.05, 3.63) is 59.7 Å². The maximum atomic E-state index is 12.3. The lowest BCUT2D eigenvalue weighted by molar-refractivity contribution is -0.145. The van der Waals surface area contributed by atoms with Crippen LogP contribution in [0.4, 0.5) is 0 Å². The van der Waals surface area contributed by atoms with Gasteiger partial charge in [-0.3, -0.25) is 4.79 Å². The molecule has 3 rings (SSSR count). The molecule has 0 fully saturated rings. The van der Waals surface area contributed by atoms with Gasteiger partial charge < -0.3 is 14.2 Å². The standard InChI is InChI=1S/C22H24N2O5/c1-4-28-22(26)14-29-21-8-6-5-7-18(21)20-13-19(23-24(20)15(2)25)16-9-11-17(27-3)12-10-16/h5-12,20H,4,13-14H2,1-3H3. The summed E-state index contributed by atoms with van der Waals surface area (Å²) in [5.74, 6) is 0.680. The fraction of sp³-hybridized carbons (Fsp3) is 0.318. The van der Waals surface area contributed by atoms with E-state index in [2.05, 4.69) is 5.10 Å². The molecule has 1 aliphatic heterocycles. The van der Waals surface area contributed by atoms with Gasteiger partial charge in [0.2, 0.25) is 5.91 Å². The summed E-state index contributed by atoms with van der Waals surface area (Å²) in [4.78, 5) is 23.9. The maximum Gasteiger partial charge on any atom is 0.344 e. The SMILES string of the molecule is CCOC(=O)COc1ccccc1C1CC(c2ccc(OC)cc2)=NN1C(C)=O. The van der Waals surface area contributed by atoms with Crippen LogP contribution >= 0.6 is 0 Å². The van der Waals surface area contributed by atoms with Gasteiger partial charge in [-0.05, 0) is 42.8 Å². The van der Waals surface area contributed by atoms with Gasteiger partial charge in [0.15, 0.2) is 6.61 Å². The zero-order valence-electron chi connectivity index (χ0n) is 16.8. The molecular formula is C22H24N2O5. The highest BCUT2D eigenvalue weighted by molar-refractivity contribution is 6.03.